The SMILES string of the molecule is CCN(CCCNC(=NC)NCc1ccc(OC)nc1)c1ccccc1. The lowest BCUT2D eigenvalue weighted by Gasteiger charge is -2.23. The lowest BCUT2D eigenvalue weighted by atomic mass is 10.2. The standard InChI is InChI=1S/C20H29N5O/c1-4-25(18-9-6-5-7-10-18)14-8-13-22-20(21-2)24-16-17-11-12-19(26-3)23-15-17/h5-7,9-12,15H,4,8,13-14,16H2,1-3H3,(H2,21,22,24). The summed E-state index contributed by atoms with van der Waals surface area (Å²) in [5.74, 6) is 1.42. The van der Waals surface area contributed by atoms with Crippen LogP contribution in [0.2, 0.25) is 0 Å². The number of methoxy groups -OCH3 is 1. The second kappa shape index (κ2) is 11.0. The maximum absolute atomic E-state index is 5.07. The minimum absolute atomic E-state index is 0.621. The van der Waals surface area contributed by atoms with Crippen molar-refractivity contribution in [2.75, 3.05) is 38.7 Å². The molecule has 0 aliphatic heterocycles. The van der Waals surface area contributed by atoms with E-state index in [2.05, 4.69) is 56.7 Å². The first kappa shape index (κ1) is 19.6. The smallest absolute Gasteiger partial charge is 0.212 e. The highest BCUT2D eigenvalue weighted by Gasteiger charge is 2.04. The van der Waals surface area contributed by atoms with Gasteiger partial charge >= 0.3 is 0 Å². The zero-order valence-corrected chi connectivity index (χ0v) is 15.9. The van der Waals surface area contributed by atoms with Gasteiger partial charge in [-0.1, -0.05) is 24.3 Å². The molecule has 0 unspecified atom stereocenters. The molecule has 1 heterocycles. The molecule has 0 bridgehead atoms. The molecule has 2 N–H and O–H groups in total. The number of guanidine groups is 1. The summed E-state index contributed by atoms with van der Waals surface area (Å²) >= 11 is 0. The number of ether oxygens (including phenoxy) is 1. The number of rotatable bonds is 9. The molecular formula is C20H29N5O. The molecule has 0 fully saturated rings. The van der Waals surface area contributed by atoms with Crippen LogP contribution < -0.4 is 20.3 Å². The number of pyridine rings is 1. The monoisotopic (exact) mass is 355 g/mol. The van der Waals surface area contributed by atoms with E-state index in [-0.39, 0.29) is 0 Å². The van der Waals surface area contributed by atoms with Gasteiger partial charge in [0.15, 0.2) is 5.96 Å². The van der Waals surface area contributed by atoms with Crippen LogP contribution in [0.4, 0.5) is 5.69 Å². The molecule has 2 aromatic rings. The number of aliphatic imine (C=N–C) groups is 1. The van der Waals surface area contributed by atoms with Crippen molar-refractivity contribution >= 4 is 11.6 Å². The van der Waals surface area contributed by atoms with Gasteiger partial charge in [-0.05, 0) is 31.0 Å². The molecular weight excluding hydrogens is 326 g/mol. The largest absolute Gasteiger partial charge is 0.481 e. The Morgan fingerprint density at radius 3 is 2.58 bits per heavy atom. The van der Waals surface area contributed by atoms with Crippen molar-refractivity contribution in [3.05, 3.63) is 54.2 Å². The van der Waals surface area contributed by atoms with Crippen molar-refractivity contribution in [1.82, 2.24) is 15.6 Å². The molecule has 0 aliphatic rings. The quantitative estimate of drug-likeness (QED) is 0.411. The number of hydrogen-bond acceptors (Lipinski definition) is 4. The van der Waals surface area contributed by atoms with Gasteiger partial charge in [0.1, 0.15) is 0 Å². The number of benzene rings is 1. The third-order valence-electron chi connectivity index (χ3n) is 4.09. The Hall–Kier alpha value is -2.76. The van der Waals surface area contributed by atoms with Crippen LogP contribution in [0.15, 0.2) is 53.7 Å². The summed E-state index contributed by atoms with van der Waals surface area (Å²) in [5, 5.41) is 6.66. The summed E-state index contributed by atoms with van der Waals surface area (Å²) in [5.41, 5.74) is 2.35. The van der Waals surface area contributed by atoms with Crippen molar-refractivity contribution in [1.29, 1.82) is 0 Å². The molecule has 0 spiro atoms. The molecule has 1 aromatic carbocycles. The molecule has 0 radical (unpaired) electrons. The van der Waals surface area contributed by atoms with E-state index in [0.717, 1.165) is 37.6 Å². The molecule has 0 aliphatic carbocycles. The average Bonchev–Trinajstić information content (AvgIpc) is 2.71. The van der Waals surface area contributed by atoms with E-state index in [4.69, 9.17) is 4.74 Å². The molecule has 6 nitrogen and oxygen atoms in total. The first-order chi connectivity index (χ1) is 12.8. The van der Waals surface area contributed by atoms with Crippen LogP contribution in [-0.4, -0.2) is 44.7 Å². The van der Waals surface area contributed by atoms with Crippen LogP contribution in [0.3, 0.4) is 0 Å². The zero-order chi connectivity index (χ0) is 18.6. The Bertz CT molecular complexity index is 658. The van der Waals surface area contributed by atoms with Crippen LogP contribution in [0, 0.1) is 0 Å². The van der Waals surface area contributed by atoms with Gasteiger partial charge in [0, 0.05) is 51.2 Å². The molecule has 2 rings (SSSR count). The number of aromatic nitrogens is 1. The van der Waals surface area contributed by atoms with Gasteiger partial charge in [0.2, 0.25) is 5.88 Å². The minimum atomic E-state index is 0.621. The molecule has 1 aromatic heterocycles. The summed E-state index contributed by atoms with van der Waals surface area (Å²) in [7, 11) is 3.40. The minimum Gasteiger partial charge on any atom is -0.481 e. The first-order valence-corrected chi connectivity index (χ1v) is 9.00. The number of nitrogens with one attached hydrogen (secondary N) is 2. The molecule has 0 atom stereocenters. The van der Waals surface area contributed by atoms with Crippen molar-refractivity contribution in [3.63, 3.8) is 0 Å². The van der Waals surface area contributed by atoms with Crippen LogP contribution in [0.5, 0.6) is 5.88 Å². The number of para-hydroxylation sites is 1. The van der Waals surface area contributed by atoms with Gasteiger partial charge in [-0.3, -0.25) is 4.99 Å². The van der Waals surface area contributed by atoms with Gasteiger partial charge in [0.05, 0.1) is 7.11 Å². The topological polar surface area (TPSA) is 61.8 Å². The van der Waals surface area contributed by atoms with Gasteiger partial charge in [-0.25, -0.2) is 4.98 Å². The van der Waals surface area contributed by atoms with E-state index < -0.39 is 0 Å². The first-order valence-electron chi connectivity index (χ1n) is 9.00. The number of anilines is 1. The van der Waals surface area contributed by atoms with Gasteiger partial charge in [-0.15, -0.1) is 0 Å². The highest BCUT2D eigenvalue weighted by Crippen LogP contribution is 2.12. The fraction of sp³-hybridized carbons (Fsp3) is 0.400. The lowest BCUT2D eigenvalue weighted by molar-refractivity contribution is 0.397. The highest BCUT2D eigenvalue weighted by molar-refractivity contribution is 5.79. The predicted molar refractivity (Wildman–Crippen MR) is 108 cm³/mol. The van der Waals surface area contributed by atoms with Crippen LogP contribution in [0.1, 0.15) is 18.9 Å². The Morgan fingerprint density at radius 2 is 1.96 bits per heavy atom. The average molecular weight is 355 g/mol. The summed E-state index contributed by atoms with van der Waals surface area (Å²) in [6, 6.07) is 14.4. The second-order valence-electron chi connectivity index (χ2n) is 5.83. The van der Waals surface area contributed by atoms with Gasteiger partial charge < -0.3 is 20.3 Å². The molecule has 0 saturated carbocycles. The van der Waals surface area contributed by atoms with E-state index in [1.165, 1.54) is 5.69 Å². The van der Waals surface area contributed by atoms with Crippen molar-refractivity contribution in [2.45, 2.75) is 19.9 Å². The number of nitrogens with zero attached hydrogens (tertiary/aromatic N) is 3. The Kier molecular flexibility index (Phi) is 8.26. The fourth-order valence-electron chi connectivity index (χ4n) is 2.63. The molecule has 140 valence electrons. The third kappa shape index (κ3) is 6.27. The third-order valence-corrected chi connectivity index (χ3v) is 4.09. The van der Waals surface area contributed by atoms with Crippen LogP contribution in [-0.2, 0) is 6.54 Å². The van der Waals surface area contributed by atoms with E-state index >= 15 is 0 Å². The van der Waals surface area contributed by atoms with Crippen LogP contribution in [0.25, 0.3) is 0 Å². The Morgan fingerprint density at radius 1 is 1.15 bits per heavy atom. The van der Waals surface area contributed by atoms with Crippen LogP contribution >= 0.6 is 0 Å². The van der Waals surface area contributed by atoms with Crippen molar-refractivity contribution in [2.24, 2.45) is 4.99 Å². The summed E-state index contributed by atoms with van der Waals surface area (Å²) in [6.07, 6.45) is 2.84. The van der Waals surface area contributed by atoms with Crippen molar-refractivity contribution < 1.29 is 4.74 Å². The van der Waals surface area contributed by atoms with E-state index in [0.29, 0.717) is 12.4 Å². The maximum atomic E-state index is 5.07. The highest BCUT2D eigenvalue weighted by atomic mass is 16.5. The Labute approximate surface area is 156 Å². The molecule has 6 heteroatoms. The van der Waals surface area contributed by atoms with Gasteiger partial charge in [-0.2, -0.15) is 0 Å². The van der Waals surface area contributed by atoms with Crippen molar-refractivity contribution in [3.8, 4) is 5.88 Å². The van der Waals surface area contributed by atoms with E-state index in [9.17, 15) is 0 Å². The zero-order valence-electron chi connectivity index (χ0n) is 15.9. The Balaban J connectivity index is 1.71. The lowest BCUT2D eigenvalue weighted by Crippen LogP contribution is -2.38. The predicted octanol–water partition coefficient (Wildman–Crippen LogP) is 2.67. The number of hydrogen-bond donors (Lipinski definition) is 2. The van der Waals surface area contributed by atoms with E-state index in [1.807, 2.05) is 18.2 Å². The normalized spacial score (nSPS) is 11.1. The fourth-order valence-corrected chi connectivity index (χ4v) is 2.63. The summed E-state index contributed by atoms with van der Waals surface area (Å²) in [4.78, 5) is 10.8. The summed E-state index contributed by atoms with van der Waals surface area (Å²) < 4.78 is 5.07. The molecule has 26 heavy (non-hydrogen) atoms. The van der Waals surface area contributed by atoms with E-state index in [1.54, 1.807) is 20.4 Å². The maximum Gasteiger partial charge on any atom is 0.212 e. The summed E-state index contributed by atoms with van der Waals surface area (Å²) in [6.45, 7) is 5.73. The second-order valence-corrected chi connectivity index (χ2v) is 5.83. The van der Waals surface area contributed by atoms with Gasteiger partial charge in [0.25, 0.3) is 0 Å². The molecule has 0 saturated heterocycles. The molecule has 0 amide bonds.